The minimum atomic E-state index is -1.85. The van der Waals surface area contributed by atoms with E-state index >= 15 is 0 Å². The molecule has 23 N–H and O–H groups in total. The lowest BCUT2D eigenvalue weighted by Gasteiger charge is -2.31. The fourth-order valence-corrected chi connectivity index (χ4v) is 9.60. The second-order valence-electron chi connectivity index (χ2n) is 24.6. The maximum absolute atomic E-state index is 14.0. The number of primary amides is 3. The largest absolute Gasteiger partial charge is 0.508 e. The molecule has 96 heavy (non-hydrogen) atoms. The number of carbonyl (C=O) groups is 16. The van der Waals surface area contributed by atoms with Gasteiger partial charge in [-0.3, -0.25) is 76.7 Å². The van der Waals surface area contributed by atoms with Gasteiger partial charge >= 0.3 is 5.97 Å². The maximum atomic E-state index is 14.0. The molecule has 14 atom stereocenters. The van der Waals surface area contributed by atoms with E-state index in [-0.39, 0.29) is 44.4 Å². The van der Waals surface area contributed by atoms with Crippen LogP contribution in [0.4, 0.5) is 0 Å². The van der Waals surface area contributed by atoms with Crippen LogP contribution in [0.2, 0.25) is 0 Å². The van der Waals surface area contributed by atoms with Gasteiger partial charge in [0.1, 0.15) is 72.2 Å². The fraction of sp³-hybridized carbons (Fsp3) is 0.633. The molecular formula is C60H96N16O20. The zero-order valence-electron chi connectivity index (χ0n) is 55.5. The number of benzene rings is 1. The van der Waals surface area contributed by atoms with Crippen LogP contribution in [0.15, 0.2) is 24.3 Å². The predicted octanol–water partition coefficient (Wildman–Crippen LogP) is -7.13. The third-order valence-electron chi connectivity index (χ3n) is 15.3. The van der Waals surface area contributed by atoms with E-state index in [1.165, 1.54) is 79.7 Å². The van der Waals surface area contributed by atoms with Gasteiger partial charge in [0.25, 0.3) is 0 Å². The van der Waals surface area contributed by atoms with E-state index in [0.29, 0.717) is 12.0 Å². The smallest absolute Gasteiger partial charge is 0.325 e. The number of phenolic OH excluding ortho intramolecular Hbond substituents is 1. The van der Waals surface area contributed by atoms with Gasteiger partial charge in [-0.05, 0) is 95.2 Å². The summed E-state index contributed by atoms with van der Waals surface area (Å²) in [7, 11) is 0. The van der Waals surface area contributed by atoms with Crippen LogP contribution in [0.25, 0.3) is 0 Å². The van der Waals surface area contributed by atoms with Gasteiger partial charge in [-0.2, -0.15) is 0 Å². The number of aliphatic hydroxyl groups is 2. The summed E-state index contributed by atoms with van der Waals surface area (Å²) in [5.74, 6) is -17.8. The number of hydrogen-bond donors (Lipinski definition) is 19. The van der Waals surface area contributed by atoms with Gasteiger partial charge in [-0.25, -0.2) is 0 Å². The summed E-state index contributed by atoms with van der Waals surface area (Å²) < 4.78 is 0. The summed E-state index contributed by atoms with van der Waals surface area (Å²) >= 11 is 0. The van der Waals surface area contributed by atoms with Crippen molar-refractivity contribution in [1.82, 2.24) is 63.4 Å². The lowest BCUT2D eigenvalue weighted by atomic mass is 9.98. The number of carbonyl (C=O) groups excluding carboxylic acids is 15. The van der Waals surface area contributed by atoms with Crippen molar-refractivity contribution in [1.29, 1.82) is 0 Å². The second-order valence-corrected chi connectivity index (χ2v) is 24.6. The second kappa shape index (κ2) is 39.3. The molecule has 0 unspecified atom stereocenters. The molecule has 36 nitrogen and oxygen atoms in total. The van der Waals surface area contributed by atoms with Gasteiger partial charge in [0.05, 0.1) is 24.8 Å². The number of rotatable bonds is 40. The van der Waals surface area contributed by atoms with E-state index in [1.807, 2.05) is 0 Å². The van der Waals surface area contributed by atoms with E-state index < -0.39 is 223 Å². The maximum Gasteiger partial charge on any atom is 0.325 e. The molecule has 2 rings (SSSR count). The third-order valence-corrected chi connectivity index (χ3v) is 15.3. The average Bonchev–Trinajstić information content (AvgIpc) is 1.56. The highest BCUT2D eigenvalue weighted by Gasteiger charge is 2.42. The number of carboxylic acids is 1. The van der Waals surface area contributed by atoms with Gasteiger partial charge in [-0.15, -0.1) is 0 Å². The van der Waals surface area contributed by atoms with Crippen molar-refractivity contribution in [3.63, 3.8) is 0 Å². The van der Waals surface area contributed by atoms with Gasteiger partial charge in [-0.1, -0.05) is 53.7 Å². The summed E-state index contributed by atoms with van der Waals surface area (Å²) in [6.45, 7) is 13.0. The highest BCUT2D eigenvalue weighted by atomic mass is 16.4. The molecule has 536 valence electrons. The molecule has 1 aromatic carbocycles. The van der Waals surface area contributed by atoms with E-state index in [2.05, 4.69) is 58.5 Å². The van der Waals surface area contributed by atoms with Crippen molar-refractivity contribution < 1.29 is 97.1 Å². The highest BCUT2D eigenvalue weighted by molar-refractivity contribution is 6.00. The molecule has 0 saturated carbocycles. The summed E-state index contributed by atoms with van der Waals surface area (Å²) in [6, 6.07) is -12.2. The van der Waals surface area contributed by atoms with Crippen molar-refractivity contribution in [2.45, 2.75) is 212 Å². The number of aromatic hydroxyl groups is 1. The van der Waals surface area contributed by atoms with E-state index in [0.717, 1.165) is 18.7 Å². The number of amides is 15. The third kappa shape index (κ3) is 27.4. The predicted molar refractivity (Wildman–Crippen MR) is 339 cm³/mol. The van der Waals surface area contributed by atoms with Crippen LogP contribution in [0.5, 0.6) is 5.75 Å². The quantitative estimate of drug-likeness (QED) is 0.0290. The molecule has 0 bridgehead atoms. The van der Waals surface area contributed by atoms with E-state index in [1.54, 1.807) is 0 Å². The summed E-state index contributed by atoms with van der Waals surface area (Å²) in [6.07, 6.45) is -5.25. The Morgan fingerprint density at radius 2 is 0.896 bits per heavy atom. The number of hydrogen-bond acceptors (Lipinski definition) is 20. The molecule has 1 aliphatic heterocycles. The summed E-state index contributed by atoms with van der Waals surface area (Å²) in [4.78, 5) is 212. The first kappa shape index (κ1) is 82.5. The molecule has 1 aromatic rings. The van der Waals surface area contributed by atoms with Gasteiger partial charge < -0.3 is 107 Å². The Kier molecular flexibility index (Phi) is 33.8. The molecule has 36 heteroatoms. The number of aliphatic carboxylic acids is 1. The lowest BCUT2D eigenvalue weighted by Crippen LogP contribution is -2.63. The molecule has 1 saturated heterocycles. The van der Waals surface area contributed by atoms with E-state index in [4.69, 9.17) is 22.9 Å². The van der Waals surface area contributed by atoms with Crippen molar-refractivity contribution in [3.8, 4) is 5.75 Å². The minimum Gasteiger partial charge on any atom is -0.508 e. The SMILES string of the molecule is CC(C)[C@H](NC(=O)CNC(=O)[C@H](Cc1ccc(O)cc1)NC(=O)[C@@H](N)CCC(N)=O)C(=O)N[C@H](C(=O)N[C@@H](CCC(N)=O)C(=O)N[C@@H](C)C(=O)N[C@H](C(=O)N[C@H](C(=O)N[C@H](C(=O)N[C@@H](CCC(N)=O)C(=O)N1CCC[C@H]1C(=O)N[C@@H](C)C(=O)O)[C@@H](C)O)C(C)C)C(C)C)[C@@H](C)O. The van der Waals surface area contributed by atoms with Crippen LogP contribution in [0.1, 0.15) is 126 Å². The highest BCUT2D eigenvalue weighted by Crippen LogP contribution is 2.21. The molecule has 0 spiro atoms. The van der Waals surface area contributed by atoms with Crippen molar-refractivity contribution in [3.05, 3.63) is 29.8 Å². The Labute approximate surface area is 554 Å². The molecule has 15 amide bonds. The number of nitrogens with one attached hydrogen (secondary N) is 11. The Hall–Kier alpha value is -9.58. The van der Waals surface area contributed by atoms with Gasteiger partial charge in [0.15, 0.2) is 0 Å². The molecule has 1 aliphatic rings. The number of carboxylic acid groups (broad SMARTS) is 1. The van der Waals surface area contributed by atoms with Crippen molar-refractivity contribution in [2.75, 3.05) is 13.1 Å². The van der Waals surface area contributed by atoms with Crippen molar-refractivity contribution >= 4 is 94.6 Å². The van der Waals surface area contributed by atoms with Gasteiger partial charge in [0.2, 0.25) is 88.6 Å². The molecule has 0 aliphatic carbocycles. The number of phenols is 1. The Balaban J connectivity index is 2.24. The number of likely N-dealkylation sites (tertiary alicyclic amines) is 1. The molecular weight excluding hydrogens is 1260 g/mol. The first-order valence-electron chi connectivity index (χ1n) is 31.3. The number of nitrogens with zero attached hydrogens (tertiary/aromatic N) is 1. The number of aliphatic hydroxyl groups excluding tert-OH is 2. The first-order valence-corrected chi connectivity index (χ1v) is 31.3. The lowest BCUT2D eigenvalue weighted by molar-refractivity contribution is -0.145. The topological polar surface area (TPSA) is 594 Å². The monoisotopic (exact) mass is 1360 g/mol. The van der Waals surface area contributed by atoms with Crippen molar-refractivity contribution in [2.24, 2.45) is 40.7 Å². The summed E-state index contributed by atoms with van der Waals surface area (Å²) in [5.41, 5.74) is 22.3. The summed E-state index contributed by atoms with van der Waals surface area (Å²) in [5, 5.41) is 67.0. The minimum absolute atomic E-state index is 0.0128. The van der Waals surface area contributed by atoms with Crippen LogP contribution >= 0.6 is 0 Å². The molecule has 0 radical (unpaired) electrons. The van der Waals surface area contributed by atoms with Crippen LogP contribution in [0, 0.1) is 17.8 Å². The molecule has 1 heterocycles. The van der Waals surface area contributed by atoms with Crippen LogP contribution in [-0.2, 0) is 83.1 Å². The van der Waals surface area contributed by atoms with E-state index in [9.17, 15) is 97.1 Å². The zero-order valence-corrected chi connectivity index (χ0v) is 55.5. The van der Waals surface area contributed by atoms with Crippen LogP contribution in [-0.4, -0.2) is 218 Å². The normalized spacial score (nSPS) is 16.9. The Morgan fingerprint density at radius 3 is 1.35 bits per heavy atom. The van der Waals surface area contributed by atoms with Gasteiger partial charge in [0, 0.05) is 32.2 Å². The standard InChI is InChI=1S/C60H96N16O20/c1-26(2)44(71-43(83)25-65-51(86)38(24-33-13-15-34(79)16-14-33)70-50(85)35(61)17-20-40(62)80)54(89)74-47(31(9)77)57(92)68-36(18-21-41(63)81)52(87)66-29(7)49(84)72-45(27(3)4)55(90)73-46(28(5)6)56(91)75-48(32(10)78)58(93)69-37(19-22-42(64)82)59(94)76-23-11-12-39(76)53(88)67-30(8)60(95)96/h13-16,26-32,35-39,44-48,77-79H,11-12,17-25,61H2,1-10H3,(H2,62,80)(H2,63,81)(H2,64,82)(H,65,86)(H,66,87)(H,67,88)(H,68,92)(H,69,93)(H,70,85)(H,71,83)(H,72,84)(H,73,90)(H,74,89)(H,75,91)(H,95,96)/t29-,30-,31+,32+,35-,36-,37-,38-,39-,44-,45-,46-,47-,48-/m0/s1. The zero-order chi connectivity index (χ0) is 73.2. The Bertz CT molecular complexity index is 2960. The van der Waals surface area contributed by atoms with Crippen LogP contribution < -0.4 is 81.4 Å². The Morgan fingerprint density at radius 1 is 0.479 bits per heavy atom. The molecule has 1 fully saturated rings. The van der Waals surface area contributed by atoms with Crippen LogP contribution in [0.3, 0.4) is 0 Å². The average molecular weight is 1360 g/mol. The molecule has 0 aromatic heterocycles. The fourth-order valence-electron chi connectivity index (χ4n) is 9.60. The number of nitrogens with two attached hydrogens (primary N) is 4. The first-order chi connectivity index (χ1) is 44.7.